The Balaban J connectivity index is 2.51. The molecule has 8 heteroatoms. The normalized spacial score (nSPS) is 15.1. The molecule has 0 saturated heterocycles. The van der Waals surface area contributed by atoms with Gasteiger partial charge in [0.25, 0.3) is 10.0 Å². The van der Waals surface area contributed by atoms with Crippen molar-refractivity contribution in [3.05, 3.63) is 28.7 Å². The van der Waals surface area contributed by atoms with Crippen LogP contribution in [0.1, 0.15) is 13.8 Å². The highest BCUT2D eigenvalue weighted by Crippen LogP contribution is 2.48. The zero-order valence-electron chi connectivity index (χ0n) is 11.7. The Labute approximate surface area is 135 Å². The average Bonchev–Trinajstić information content (AvgIpc) is 2.64. The molecular weight excluding hydrogens is 372 g/mol. The fourth-order valence-electron chi connectivity index (χ4n) is 2.64. The molecule has 6 nitrogen and oxygen atoms in total. The van der Waals surface area contributed by atoms with Crippen molar-refractivity contribution in [2.75, 3.05) is 9.62 Å². The smallest absolute Gasteiger partial charge is 0.271 e. The summed E-state index contributed by atoms with van der Waals surface area (Å²) in [7, 11) is -3.96. The van der Waals surface area contributed by atoms with Crippen LogP contribution in [-0.2, 0) is 19.6 Å². The molecule has 1 aliphatic heterocycles. The monoisotopic (exact) mass is 382 g/mol. The summed E-state index contributed by atoms with van der Waals surface area (Å²) in [5.41, 5.74) is 0.465. The minimum atomic E-state index is -3.96. The summed E-state index contributed by atoms with van der Waals surface area (Å²) in [6, 6.07) is 6.42. The highest BCUT2D eigenvalue weighted by molar-refractivity contribution is 9.10. The lowest BCUT2D eigenvalue weighted by Gasteiger charge is -2.18. The zero-order chi connectivity index (χ0) is 16.2. The number of hydrogen-bond acceptors (Lipinski definition) is 4. The highest BCUT2D eigenvalue weighted by atomic mass is 79.9. The van der Waals surface area contributed by atoms with E-state index < -0.39 is 15.9 Å². The average molecular weight is 383 g/mol. The molecule has 2 aromatic rings. The van der Waals surface area contributed by atoms with Gasteiger partial charge in [-0.05, 0) is 17.5 Å². The minimum Gasteiger partial charge on any atom is -0.324 e. The number of hydrogen-bond donors (Lipinski definition) is 1. The lowest BCUT2D eigenvalue weighted by atomic mass is 10.1. The van der Waals surface area contributed by atoms with Crippen LogP contribution in [0, 0.1) is 0 Å². The summed E-state index contributed by atoms with van der Waals surface area (Å²) in [6.45, 7) is 2.49. The van der Waals surface area contributed by atoms with E-state index in [1.54, 1.807) is 18.2 Å². The lowest BCUT2D eigenvalue weighted by molar-refractivity contribution is -0.116. The molecule has 114 valence electrons. The first kappa shape index (κ1) is 15.0. The van der Waals surface area contributed by atoms with E-state index in [1.165, 1.54) is 19.9 Å². The Kier molecular flexibility index (Phi) is 3.26. The second kappa shape index (κ2) is 4.79. The van der Waals surface area contributed by atoms with Crippen LogP contribution in [-0.4, -0.2) is 20.2 Å². The molecule has 0 aromatic heterocycles. The number of carbonyl (C=O) groups excluding carboxylic acids is 2. The molecular formula is C14H11BrN2O4S. The van der Waals surface area contributed by atoms with Gasteiger partial charge in [0.1, 0.15) is 0 Å². The van der Waals surface area contributed by atoms with Crippen LogP contribution in [0.4, 0.5) is 11.4 Å². The van der Waals surface area contributed by atoms with E-state index in [-0.39, 0.29) is 22.2 Å². The molecule has 1 heterocycles. The number of sulfonamides is 1. The molecule has 3 rings (SSSR count). The van der Waals surface area contributed by atoms with Crippen molar-refractivity contribution in [2.45, 2.75) is 18.7 Å². The summed E-state index contributed by atoms with van der Waals surface area (Å²) >= 11 is 3.38. The topological polar surface area (TPSA) is 83.6 Å². The van der Waals surface area contributed by atoms with Crippen LogP contribution in [0.15, 0.2) is 33.6 Å². The Morgan fingerprint density at radius 1 is 1.23 bits per heavy atom. The Hall–Kier alpha value is -1.93. The highest BCUT2D eigenvalue weighted by Gasteiger charge is 2.40. The van der Waals surface area contributed by atoms with E-state index >= 15 is 0 Å². The third-order valence-corrected chi connectivity index (χ3v) is 5.84. The van der Waals surface area contributed by atoms with Crippen LogP contribution in [0.25, 0.3) is 10.8 Å². The maximum Gasteiger partial charge on any atom is 0.271 e. The zero-order valence-corrected chi connectivity index (χ0v) is 14.1. The first-order valence-corrected chi connectivity index (χ1v) is 8.57. The summed E-state index contributed by atoms with van der Waals surface area (Å²) < 4.78 is 26.6. The molecule has 1 aliphatic rings. The minimum absolute atomic E-state index is 0.0584. The molecule has 0 spiro atoms. The maximum atomic E-state index is 12.6. The fraction of sp³-hybridized carbons (Fsp3) is 0.143. The second-order valence-corrected chi connectivity index (χ2v) is 7.51. The molecule has 0 aliphatic carbocycles. The summed E-state index contributed by atoms with van der Waals surface area (Å²) in [4.78, 5) is 23.4. The van der Waals surface area contributed by atoms with Crippen molar-refractivity contribution >= 4 is 59.9 Å². The van der Waals surface area contributed by atoms with E-state index in [0.29, 0.717) is 15.2 Å². The number of amides is 2. The van der Waals surface area contributed by atoms with Gasteiger partial charge < -0.3 is 5.32 Å². The van der Waals surface area contributed by atoms with Crippen LogP contribution < -0.4 is 9.62 Å². The summed E-state index contributed by atoms with van der Waals surface area (Å²) in [5.74, 6) is -0.987. The summed E-state index contributed by atoms with van der Waals surface area (Å²) in [5, 5.41) is 3.67. The SMILES string of the molecule is CC(=O)Nc1cc(Br)c2cccc3c2c1N(C(C)=O)S3(=O)=O. The van der Waals surface area contributed by atoms with Crippen molar-refractivity contribution in [1.82, 2.24) is 0 Å². The first-order valence-electron chi connectivity index (χ1n) is 6.34. The standard InChI is InChI=1S/C14H11BrN2O4S/c1-7(18)16-11-6-10(15)9-4-3-5-12-13(9)14(11)17(8(2)19)22(12,20)21/h3-6H,1-2H3,(H,16,18). The molecule has 0 bridgehead atoms. The van der Waals surface area contributed by atoms with Gasteiger partial charge in [-0.15, -0.1) is 0 Å². The van der Waals surface area contributed by atoms with Crippen molar-refractivity contribution in [1.29, 1.82) is 0 Å². The third kappa shape index (κ3) is 1.94. The number of halogens is 1. The largest absolute Gasteiger partial charge is 0.324 e. The number of anilines is 2. The number of nitrogens with zero attached hydrogens (tertiary/aromatic N) is 1. The van der Waals surface area contributed by atoms with E-state index in [0.717, 1.165) is 4.31 Å². The van der Waals surface area contributed by atoms with Crippen molar-refractivity contribution in [3.63, 3.8) is 0 Å². The molecule has 22 heavy (non-hydrogen) atoms. The van der Waals surface area contributed by atoms with Crippen LogP contribution in [0.2, 0.25) is 0 Å². The van der Waals surface area contributed by atoms with Crippen molar-refractivity contribution in [3.8, 4) is 0 Å². The Morgan fingerprint density at radius 2 is 1.91 bits per heavy atom. The predicted octanol–water partition coefficient (Wildman–Crippen LogP) is 2.62. The molecule has 0 fully saturated rings. The Morgan fingerprint density at radius 3 is 2.50 bits per heavy atom. The number of carbonyl (C=O) groups is 2. The van der Waals surface area contributed by atoms with E-state index in [4.69, 9.17) is 0 Å². The van der Waals surface area contributed by atoms with Gasteiger partial charge in [-0.2, -0.15) is 0 Å². The van der Waals surface area contributed by atoms with Crippen LogP contribution >= 0.6 is 15.9 Å². The van der Waals surface area contributed by atoms with Gasteiger partial charge in [0.05, 0.1) is 16.3 Å². The first-order chi connectivity index (χ1) is 10.2. The van der Waals surface area contributed by atoms with E-state index in [9.17, 15) is 18.0 Å². The third-order valence-electron chi connectivity index (χ3n) is 3.36. The maximum absolute atomic E-state index is 12.6. The van der Waals surface area contributed by atoms with Gasteiger partial charge in [0, 0.05) is 23.7 Å². The molecule has 0 saturated carbocycles. The molecule has 0 radical (unpaired) electrons. The molecule has 2 aromatic carbocycles. The molecule has 2 amide bonds. The van der Waals surface area contributed by atoms with E-state index in [2.05, 4.69) is 21.2 Å². The van der Waals surface area contributed by atoms with Crippen molar-refractivity contribution in [2.24, 2.45) is 0 Å². The quantitative estimate of drug-likeness (QED) is 0.821. The lowest BCUT2D eigenvalue weighted by Crippen LogP contribution is -2.32. The second-order valence-electron chi connectivity index (χ2n) is 4.90. The van der Waals surface area contributed by atoms with Crippen LogP contribution in [0.3, 0.4) is 0 Å². The molecule has 0 unspecified atom stereocenters. The fourth-order valence-corrected chi connectivity index (χ4v) is 4.88. The van der Waals surface area contributed by atoms with Gasteiger partial charge in [-0.3, -0.25) is 9.59 Å². The predicted molar refractivity (Wildman–Crippen MR) is 86.3 cm³/mol. The van der Waals surface area contributed by atoms with Gasteiger partial charge in [0.2, 0.25) is 11.8 Å². The summed E-state index contributed by atoms with van der Waals surface area (Å²) in [6.07, 6.45) is 0. The number of nitrogens with one attached hydrogen (secondary N) is 1. The van der Waals surface area contributed by atoms with Gasteiger partial charge >= 0.3 is 0 Å². The molecule has 0 atom stereocenters. The van der Waals surface area contributed by atoms with Gasteiger partial charge in [-0.25, -0.2) is 12.7 Å². The molecule has 1 N–H and O–H groups in total. The number of benzene rings is 2. The van der Waals surface area contributed by atoms with Gasteiger partial charge in [-0.1, -0.05) is 28.1 Å². The van der Waals surface area contributed by atoms with Crippen LogP contribution in [0.5, 0.6) is 0 Å². The van der Waals surface area contributed by atoms with E-state index in [1.807, 2.05) is 0 Å². The Bertz CT molecular complexity index is 953. The van der Waals surface area contributed by atoms with Crippen molar-refractivity contribution < 1.29 is 18.0 Å². The van der Waals surface area contributed by atoms with Gasteiger partial charge in [0.15, 0.2) is 0 Å². The number of rotatable bonds is 1.